The predicted molar refractivity (Wildman–Crippen MR) is 63.3 cm³/mol. The van der Waals surface area contributed by atoms with Crippen molar-refractivity contribution in [3.8, 4) is 0 Å². The van der Waals surface area contributed by atoms with Crippen LogP contribution in [0.4, 0.5) is 4.79 Å². The molecule has 14 heavy (non-hydrogen) atoms. The van der Waals surface area contributed by atoms with Gasteiger partial charge >= 0.3 is 6.09 Å². The van der Waals surface area contributed by atoms with Gasteiger partial charge in [0.05, 0.1) is 0 Å². The molecule has 1 amide bonds. The van der Waals surface area contributed by atoms with E-state index in [2.05, 4.69) is 20.5 Å². The molecule has 0 aliphatic heterocycles. The standard InChI is InChI=1S/C10H12INO2/c11-14-10(13)12-8-4-7-9-5-2-1-3-6-9/h1-3,5-6H,4,7-8H2,(H,12,13). The van der Waals surface area contributed by atoms with Gasteiger partial charge in [0.15, 0.2) is 23.0 Å². The van der Waals surface area contributed by atoms with E-state index in [4.69, 9.17) is 0 Å². The normalized spacial score (nSPS) is 9.50. The topological polar surface area (TPSA) is 38.3 Å². The van der Waals surface area contributed by atoms with Crippen molar-refractivity contribution >= 4 is 29.1 Å². The molecule has 0 radical (unpaired) electrons. The number of aryl methyl sites for hydroxylation is 1. The van der Waals surface area contributed by atoms with E-state index in [1.54, 1.807) is 23.0 Å². The fourth-order valence-corrected chi connectivity index (χ4v) is 1.31. The molecule has 0 bridgehead atoms. The van der Waals surface area contributed by atoms with Crippen LogP contribution in [0.15, 0.2) is 30.3 Å². The minimum absolute atomic E-state index is 0.376. The number of amides is 1. The molecule has 1 N–H and O–H groups in total. The van der Waals surface area contributed by atoms with E-state index in [0.29, 0.717) is 6.54 Å². The third-order valence-electron chi connectivity index (χ3n) is 1.82. The maximum absolute atomic E-state index is 10.7. The summed E-state index contributed by atoms with van der Waals surface area (Å²) in [6.45, 7) is 0.650. The molecule has 0 atom stereocenters. The first-order chi connectivity index (χ1) is 6.83. The lowest BCUT2D eigenvalue weighted by Gasteiger charge is -2.02. The molecule has 0 aliphatic carbocycles. The highest BCUT2D eigenvalue weighted by Crippen LogP contribution is 2.01. The van der Waals surface area contributed by atoms with Crippen molar-refractivity contribution in [1.82, 2.24) is 5.32 Å². The van der Waals surface area contributed by atoms with Crippen LogP contribution in [-0.4, -0.2) is 12.6 Å². The second kappa shape index (κ2) is 6.64. The van der Waals surface area contributed by atoms with Crippen molar-refractivity contribution in [1.29, 1.82) is 0 Å². The smallest absolute Gasteiger partial charge is 0.378 e. The first-order valence-corrected chi connectivity index (χ1v) is 5.31. The van der Waals surface area contributed by atoms with E-state index in [1.165, 1.54) is 5.56 Å². The monoisotopic (exact) mass is 305 g/mol. The number of nitrogens with one attached hydrogen (secondary N) is 1. The van der Waals surface area contributed by atoms with Gasteiger partial charge in [0.1, 0.15) is 0 Å². The molecule has 1 aromatic rings. The van der Waals surface area contributed by atoms with Gasteiger partial charge in [-0.1, -0.05) is 30.3 Å². The number of halogens is 1. The molecule has 4 heteroatoms. The first kappa shape index (κ1) is 11.3. The Morgan fingerprint density at radius 1 is 1.36 bits per heavy atom. The van der Waals surface area contributed by atoms with Crippen molar-refractivity contribution in [3.63, 3.8) is 0 Å². The molecule has 3 nitrogen and oxygen atoms in total. The Bertz CT molecular complexity index is 277. The van der Waals surface area contributed by atoms with E-state index in [-0.39, 0.29) is 6.09 Å². The average Bonchev–Trinajstić information content (AvgIpc) is 2.25. The largest absolute Gasteiger partial charge is 0.416 e. The summed E-state index contributed by atoms with van der Waals surface area (Å²) in [5.41, 5.74) is 1.29. The Hall–Kier alpha value is -0.780. The zero-order valence-electron chi connectivity index (χ0n) is 7.70. The lowest BCUT2D eigenvalue weighted by molar-refractivity contribution is 0.215. The van der Waals surface area contributed by atoms with Gasteiger partial charge in [-0.3, -0.25) is 0 Å². The molecular formula is C10H12INO2. The minimum Gasteiger partial charge on any atom is -0.378 e. The molecule has 0 spiro atoms. The van der Waals surface area contributed by atoms with Crippen LogP contribution in [0.5, 0.6) is 0 Å². The Morgan fingerprint density at radius 3 is 2.71 bits per heavy atom. The van der Waals surface area contributed by atoms with Crippen LogP contribution in [0.3, 0.4) is 0 Å². The van der Waals surface area contributed by atoms with Crippen LogP contribution in [0.1, 0.15) is 12.0 Å². The zero-order valence-corrected chi connectivity index (χ0v) is 9.86. The van der Waals surface area contributed by atoms with E-state index in [9.17, 15) is 4.79 Å². The van der Waals surface area contributed by atoms with E-state index in [1.807, 2.05) is 18.2 Å². The second-order valence-corrected chi connectivity index (χ2v) is 3.32. The summed E-state index contributed by atoms with van der Waals surface area (Å²) in [4.78, 5) is 10.7. The summed E-state index contributed by atoms with van der Waals surface area (Å²) in [5.74, 6) is 0. The average molecular weight is 305 g/mol. The quantitative estimate of drug-likeness (QED) is 0.686. The number of carbonyl (C=O) groups is 1. The van der Waals surface area contributed by atoms with E-state index in [0.717, 1.165) is 12.8 Å². The lowest BCUT2D eigenvalue weighted by Crippen LogP contribution is -2.22. The van der Waals surface area contributed by atoms with Crippen LogP contribution < -0.4 is 5.32 Å². The molecule has 1 rings (SSSR count). The summed E-state index contributed by atoms with van der Waals surface area (Å²) in [7, 11) is 0. The van der Waals surface area contributed by atoms with E-state index >= 15 is 0 Å². The van der Waals surface area contributed by atoms with Crippen molar-refractivity contribution in [3.05, 3.63) is 35.9 Å². The van der Waals surface area contributed by atoms with Crippen LogP contribution in [0.2, 0.25) is 0 Å². The number of rotatable bonds is 4. The van der Waals surface area contributed by atoms with Crippen LogP contribution in [-0.2, 0) is 9.49 Å². The molecule has 1 aromatic carbocycles. The van der Waals surface area contributed by atoms with Gasteiger partial charge in [-0.15, -0.1) is 0 Å². The molecule has 76 valence electrons. The summed E-state index contributed by atoms with van der Waals surface area (Å²) in [6.07, 6.45) is 1.52. The van der Waals surface area contributed by atoms with Crippen molar-refractivity contribution < 1.29 is 7.86 Å². The molecular weight excluding hydrogens is 293 g/mol. The van der Waals surface area contributed by atoms with Gasteiger partial charge in [-0.25, -0.2) is 4.79 Å². The number of hydrogen-bond donors (Lipinski definition) is 1. The maximum Gasteiger partial charge on any atom is 0.416 e. The maximum atomic E-state index is 10.7. The first-order valence-electron chi connectivity index (χ1n) is 4.43. The molecule has 0 aliphatic rings. The molecule has 0 unspecified atom stereocenters. The molecule has 0 fully saturated rings. The van der Waals surface area contributed by atoms with Crippen LogP contribution >= 0.6 is 23.0 Å². The van der Waals surface area contributed by atoms with Gasteiger partial charge in [-0.2, -0.15) is 0 Å². The van der Waals surface area contributed by atoms with Crippen molar-refractivity contribution in [2.75, 3.05) is 6.54 Å². The Labute approximate surface area is 97.5 Å². The molecule has 0 heterocycles. The SMILES string of the molecule is O=C(NCCCc1ccccc1)OI. The summed E-state index contributed by atoms with van der Waals surface area (Å²) in [5, 5.41) is 2.63. The highest BCUT2D eigenvalue weighted by Gasteiger charge is 1.97. The third kappa shape index (κ3) is 4.45. The van der Waals surface area contributed by atoms with Crippen LogP contribution in [0, 0.1) is 0 Å². The summed E-state index contributed by atoms with van der Waals surface area (Å²) < 4.78 is 4.42. The Kier molecular flexibility index (Phi) is 5.36. The zero-order chi connectivity index (χ0) is 10.2. The fraction of sp³-hybridized carbons (Fsp3) is 0.300. The lowest BCUT2D eigenvalue weighted by atomic mass is 10.1. The Balaban J connectivity index is 2.13. The van der Waals surface area contributed by atoms with Gasteiger partial charge in [-0.05, 0) is 18.4 Å². The molecule has 0 saturated heterocycles. The highest BCUT2D eigenvalue weighted by molar-refractivity contribution is 14.1. The third-order valence-corrected chi connectivity index (χ3v) is 2.22. The van der Waals surface area contributed by atoms with Crippen molar-refractivity contribution in [2.24, 2.45) is 0 Å². The molecule has 0 saturated carbocycles. The fourth-order valence-electron chi connectivity index (χ4n) is 1.15. The summed E-state index contributed by atoms with van der Waals surface area (Å²) >= 11 is 1.56. The van der Waals surface area contributed by atoms with Crippen LogP contribution in [0.25, 0.3) is 0 Å². The Morgan fingerprint density at radius 2 is 2.07 bits per heavy atom. The summed E-state index contributed by atoms with van der Waals surface area (Å²) in [6, 6.07) is 10.2. The van der Waals surface area contributed by atoms with Crippen molar-refractivity contribution in [2.45, 2.75) is 12.8 Å². The number of hydrogen-bond acceptors (Lipinski definition) is 2. The predicted octanol–water partition coefficient (Wildman–Crippen LogP) is 2.70. The minimum atomic E-state index is -0.376. The number of carbonyl (C=O) groups excluding carboxylic acids is 1. The van der Waals surface area contributed by atoms with Gasteiger partial charge in [0.25, 0.3) is 0 Å². The molecule has 0 aromatic heterocycles. The number of benzene rings is 1. The van der Waals surface area contributed by atoms with Gasteiger partial charge in [0.2, 0.25) is 0 Å². The van der Waals surface area contributed by atoms with Gasteiger partial charge < -0.3 is 8.38 Å². The highest BCUT2D eigenvalue weighted by atomic mass is 127. The van der Waals surface area contributed by atoms with E-state index < -0.39 is 0 Å². The van der Waals surface area contributed by atoms with Gasteiger partial charge in [0, 0.05) is 6.54 Å². The second-order valence-electron chi connectivity index (χ2n) is 2.88.